The first-order chi connectivity index (χ1) is 7.70. The topological polar surface area (TPSA) is 21.3 Å². The molecule has 0 aromatic heterocycles. The molecular formula is C14H21NO. The van der Waals surface area contributed by atoms with Crippen LogP contribution in [0.2, 0.25) is 0 Å². The van der Waals surface area contributed by atoms with Gasteiger partial charge in [0, 0.05) is 0 Å². The van der Waals surface area contributed by atoms with Gasteiger partial charge in [-0.25, -0.2) is 0 Å². The van der Waals surface area contributed by atoms with Gasteiger partial charge in [0.15, 0.2) is 0 Å². The summed E-state index contributed by atoms with van der Waals surface area (Å²) < 4.78 is 5.95. The van der Waals surface area contributed by atoms with Gasteiger partial charge in [-0.05, 0) is 39.3 Å². The number of benzene rings is 1. The van der Waals surface area contributed by atoms with E-state index >= 15 is 0 Å². The number of ether oxygens (including phenoxy) is 1. The maximum absolute atomic E-state index is 5.95. The third-order valence-electron chi connectivity index (χ3n) is 3.35. The minimum atomic E-state index is 0.321. The summed E-state index contributed by atoms with van der Waals surface area (Å²) in [6, 6.07) is 9.00. The fraction of sp³-hybridized carbons (Fsp3) is 0.571. The van der Waals surface area contributed by atoms with Crippen LogP contribution in [-0.4, -0.2) is 19.3 Å². The van der Waals surface area contributed by atoms with Crippen LogP contribution in [0.5, 0.6) is 0 Å². The van der Waals surface area contributed by atoms with Gasteiger partial charge in [-0.2, -0.15) is 0 Å². The zero-order chi connectivity index (χ0) is 11.5. The lowest BCUT2D eigenvalue weighted by Crippen LogP contribution is -2.29. The van der Waals surface area contributed by atoms with Gasteiger partial charge >= 0.3 is 0 Å². The van der Waals surface area contributed by atoms with Crippen LogP contribution in [0.4, 0.5) is 0 Å². The van der Waals surface area contributed by atoms with Crippen molar-refractivity contribution >= 4 is 0 Å². The molecule has 1 heterocycles. The molecule has 16 heavy (non-hydrogen) atoms. The molecule has 0 saturated carbocycles. The molecule has 1 N–H and O–H groups in total. The monoisotopic (exact) mass is 219 g/mol. The molecule has 0 radical (unpaired) electrons. The molecule has 2 heteroatoms. The maximum atomic E-state index is 5.95. The van der Waals surface area contributed by atoms with Crippen LogP contribution in [0.3, 0.4) is 0 Å². The third kappa shape index (κ3) is 2.45. The van der Waals surface area contributed by atoms with Crippen molar-refractivity contribution in [2.24, 2.45) is 0 Å². The van der Waals surface area contributed by atoms with Gasteiger partial charge in [0.2, 0.25) is 0 Å². The van der Waals surface area contributed by atoms with E-state index in [1.165, 1.54) is 17.5 Å². The first-order valence-electron chi connectivity index (χ1n) is 6.10. The molecule has 0 amide bonds. The lowest BCUT2D eigenvalue weighted by molar-refractivity contribution is 0.0333. The van der Waals surface area contributed by atoms with Crippen molar-refractivity contribution in [3.05, 3.63) is 35.4 Å². The Morgan fingerprint density at radius 2 is 2.19 bits per heavy atom. The molecule has 1 fully saturated rings. The van der Waals surface area contributed by atoms with Crippen LogP contribution in [0.1, 0.15) is 36.9 Å². The van der Waals surface area contributed by atoms with Gasteiger partial charge in [0.25, 0.3) is 0 Å². The summed E-state index contributed by atoms with van der Waals surface area (Å²) in [5, 5.41) is 3.38. The van der Waals surface area contributed by atoms with Crippen LogP contribution in [0, 0.1) is 6.92 Å². The molecule has 1 aliphatic heterocycles. The fourth-order valence-corrected chi connectivity index (χ4v) is 2.51. The number of hydrogen-bond acceptors (Lipinski definition) is 2. The number of hydrogen-bond donors (Lipinski definition) is 1. The van der Waals surface area contributed by atoms with Crippen molar-refractivity contribution in [2.75, 3.05) is 7.05 Å². The molecule has 3 unspecified atom stereocenters. The minimum absolute atomic E-state index is 0.321. The molecule has 1 aliphatic rings. The van der Waals surface area contributed by atoms with E-state index in [0.717, 1.165) is 6.42 Å². The Balaban J connectivity index is 2.16. The first-order valence-corrected chi connectivity index (χ1v) is 6.10. The summed E-state index contributed by atoms with van der Waals surface area (Å²) in [5.74, 6) is 0. The second-order valence-electron chi connectivity index (χ2n) is 4.74. The summed E-state index contributed by atoms with van der Waals surface area (Å²) in [7, 11) is 2.01. The predicted molar refractivity (Wildman–Crippen MR) is 66.5 cm³/mol. The van der Waals surface area contributed by atoms with Crippen molar-refractivity contribution in [1.29, 1.82) is 0 Å². The maximum Gasteiger partial charge on any atom is 0.0774 e. The molecule has 1 aromatic carbocycles. The van der Waals surface area contributed by atoms with Crippen molar-refractivity contribution in [1.82, 2.24) is 5.32 Å². The highest BCUT2D eigenvalue weighted by atomic mass is 16.5. The van der Waals surface area contributed by atoms with Crippen molar-refractivity contribution in [3.8, 4) is 0 Å². The largest absolute Gasteiger partial charge is 0.373 e. The molecule has 2 nitrogen and oxygen atoms in total. The van der Waals surface area contributed by atoms with Gasteiger partial charge in [0.1, 0.15) is 0 Å². The van der Waals surface area contributed by atoms with Crippen molar-refractivity contribution < 1.29 is 4.74 Å². The van der Waals surface area contributed by atoms with E-state index in [4.69, 9.17) is 4.74 Å². The van der Waals surface area contributed by atoms with Gasteiger partial charge < -0.3 is 10.1 Å². The fourth-order valence-electron chi connectivity index (χ4n) is 2.51. The Morgan fingerprint density at radius 1 is 1.38 bits per heavy atom. The number of aryl methyl sites for hydroxylation is 1. The Hall–Kier alpha value is -0.860. The Bertz CT molecular complexity index is 350. The van der Waals surface area contributed by atoms with E-state index in [9.17, 15) is 0 Å². The van der Waals surface area contributed by atoms with E-state index in [0.29, 0.717) is 18.2 Å². The highest BCUT2D eigenvalue weighted by Crippen LogP contribution is 2.30. The number of rotatable bonds is 3. The quantitative estimate of drug-likeness (QED) is 0.844. The number of likely N-dealkylation sites (N-methyl/N-ethyl adjacent to an activating group) is 1. The van der Waals surface area contributed by atoms with Crippen molar-refractivity contribution in [2.45, 2.75) is 44.9 Å². The molecule has 0 aliphatic carbocycles. The van der Waals surface area contributed by atoms with Gasteiger partial charge in [-0.3, -0.25) is 0 Å². The first kappa shape index (κ1) is 11.6. The van der Waals surface area contributed by atoms with E-state index in [2.05, 4.69) is 43.4 Å². The summed E-state index contributed by atoms with van der Waals surface area (Å²) in [5.41, 5.74) is 2.64. The molecular weight excluding hydrogens is 198 g/mol. The predicted octanol–water partition coefficient (Wildman–Crippen LogP) is 2.82. The smallest absolute Gasteiger partial charge is 0.0774 e. The van der Waals surface area contributed by atoms with Crippen LogP contribution in [0.25, 0.3) is 0 Å². The molecule has 2 rings (SSSR count). The van der Waals surface area contributed by atoms with Crippen LogP contribution in [0.15, 0.2) is 24.3 Å². The average molecular weight is 219 g/mol. The second kappa shape index (κ2) is 4.98. The zero-order valence-electron chi connectivity index (χ0n) is 10.4. The molecule has 0 bridgehead atoms. The van der Waals surface area contributed by atoms with E-state index in [1.807, 2.05) is 7.05 Å². The van der Waals surface area contributed by atoms with E-state index in [-0.39, 0.29) is 0 Å². The van der Waals surface area contributed by atoms with Crippen LogP contribution < -0.4 is 5.32 Å². The SMILES string of the molecule is CNC(c1cccc(C)c1)C1CCC(C)O1. The lowest BCUT2D eigenvalue weighted by Gasteiger charge is -2.23. The third-order valence-corrected chi connectivity index (χ3v) is 3.35. The molecule has 88 valence electrons. The minimum Gasteiger partial charge on any atom is -0.373 e. The number of nitrogens with one attached hydrogen (secondary N) is 1. The molecule has 0 spiro atoms. The van der Waals surface area contributed by atoms with Crippen molar-refractivity contribution in [3.63, 3.8) is 0 Å². The Labute approximate surface area is 98.0 Å². The average Bonchev–Trinajstić information content (AvgIpc) is 2.66. The summed E-state index contributed by atoms with van der Waals surface area (Å²) >= 11 is 0. The van der Waals surface area contributed by atoms with Gasteiger partial charge in [0.05, 0.1) is 18.2 Å². The van der Waals surface area contributed by atoms with Gasteiger partial charge in [-0.15, -0.1) is 0 Å². The second-order valence-corrected chi connectivity index (χ2v) is 4.74. The summed E-state index contributed by atoms with van der Waals surface area (Å²) in [6.07, 6.45) is 3.06. The van der Waals surface area contributed by atoms with Crippen LogP contribution >= 0.6 is 0 Å². The zero-order valence-corrected chi connectivity index (χ0v) is 10.4. The van der Waals surface area contributed by atoms with E-state index < -0.39 is 0 Å². The van der Waals surface area contributed by atoms with Crippen LogP contribution in [-0.2, 0) is 4.74 Å². The standard InChI is InChI=1S/C14H21NO/c1-10-5-4-6-12(9-10)14(15-3)13-8-7-11(2)16-13/h4-6,9,11,13-15H,7-8H2,1-3H3. The molecule has 1 saturated heterocycles. The highest BCUT2D eigenvalue weighted by molar-refractivity contribution is 5.26. The molecule has 3 atom stereocenters. The summed E-state index contributed by atoms with van der Waals surface area (Å²) in [6.45, 7) is 4.29. The normalized spacial score (nSPS) is 26.9. The Kier molecular flexibility index (Phi) is 3.62. The summed E-state index contributed by atoms with van der Waals surface area (Å²) in [4.78, 5) is 0. The lowest BCUT2D eigenvalue weighted by atomic mass is 9.98. The van der Waals surface area contributed by atoms with E-state index in [1.54, 1.807) is 0 Å². The highest BCUT2D eigenvalue weighted by Gasteiger charge is 2.29. The molecule has 1 aromatic rings. The van der Waals surface area contributed by atoms with Gasteiger partial charge in [-0.1, -0.05) is 29.8 Å². The Morgan fingerprint density at radius 3 is 2.75 bits per heavy atom.